The highest BCUT2D eigenvalue weighted by Gasteiger charge is 2.34. The number of carbonyl (C=O) groups excluding carboxylic acids is 1. The lowest BCUT2D eigenvalue weighted by Crippen LogP contribution is -2.33. The van der Waals surface area contributed by atoms with Gasteiger partial charge in [0.2, 0.25) is 0 Å². The fraction of sp³-hybridized carbons (Fsp3) is 0.462. The van der Waals surface area contributed by atoms with Crippen LogP contribution in [0.25, 0.3) is 0 Å². The second kappa shape index (κ2) is 7.70. The molecule has 0 aromatic heterocycles. The molecule has 19 heavy (non-hydrogen) atoms. The molecular weight excluding hydrogens is 289 g/mol. The van der Waals surface area contributed by atoms with Gasteiger partial charge >= 0.3 is 5.97 Å². The van der Waals surface area contributed by atoms with Gasteiger partial charge in [-0.05, 0) is 30.7 Å². The molecule has 0 amide bonds. The van der Waals surface area contributed by atoms with Crippen molar-refractivity contribution < 1.29 is 14.6 Å². The Bertz CT molecular complexity index is 411. The van der Waals surface area contributed by atoms with Gasteiger partial charge in [-0.3, -0.25) is 4.79 Å². The van der Waals surface area contributed by atoms with Crippen molar-refractivity contribution in [3.8, 4) is 0 Å². The molecule has 0 aliphatic carbocycles. The van der Waals surface area contributed by atoms with Crippen LogP contribution >= 0.6 is 24.0 Å². The van der Waals surface area contributed by atoms with E-state index in [4.69, 9.17) is 21.4 Å². The summed E-state index contributed by atoms with van der Waals surface area (Å²) in [5.41, 5.74) is 0.958. The number of ether oxygens (including phenoxy) is 1. The van der Waals surface area contributed by atoms with Crippen molar-refractivity contribution in [1.29, 1.82) is 0 Å². The van der Waals surface area contributed by atoms with Gasteiger partial charge in [-0.2, -0.15) is 0 Å². The van der Waals surface area contributed by atoms with E-state index in [1.54, 1.807) is 12.1 Å². The van der Waals surface area contributed by atoms with Crippen LogP contribution in [-0.4, -0.2) is 30.3 Å². The monoisotopic (exact) mass is 305 g/mol. The van der Waals surface area contributed by atoms with Crippen LogP contribution in [-0.2, 0) is 9.53 Å². The summed E-state index contributed by atoms with van der Waals surface area (Å²) in [4.78, 5) is 11.6. The lowest BCUT2D eigenvalue weighted by Gasteiger charge is -2.09. The number of esters is 1. The van der Waals surface area contributed by atoms with Crippen molar-refractivity contribution in [1.82, 2.24) is 5.32 Å². The third-order valence-corrected chi connectivity index (χ3v) is 3.21. The number of rotatable bonds is 5. The normalized spacial score (nSPS) is 21.9. The summed E-state index contributed by atoms with van der Waals surface area (Å²) < 4.78 is 5.32. The van der Waals surface area contributed by atoms with Crippen LogP contribution in [0.4, 0.5) is 0 Å². The van der Waals surface area contributed by atoms with Crippen molar-refractivity contribution in [2.75, 3.05) is 13.2 Å². The van der Waals surface area contributed by atoms with Crippen molar-refractivity contribution in [3.63, 3.8) is 0 Å². The average Bonchev–Trinajstić information content (AvgIpc) is 2.72. The molecule has 1 saturated heterocycles. The van der Waals surface area contributed by atoms with E-state index in [1.165, 1.54) is 0 Å². The predicted octanol–water partition coefficient (Wildman–Crippen LogP) is 2.09. The standard InChI is InChI=1S/C13H16ClNO3.ClH/c14-10-4-2-9(3-5-10)12-8-11(13(17)18-12)15-6-1-7-16;/h2-5,11-12,15-16H,1,6-8H2;1H. The molecule has 1 fully saturated rings. The molecule has 1 aromatic carbocycles. The first kappa shape index (κ1) is 16.2. The number of nitrogens with one attached hydrogen (secondary N) is 1. The molecule has 0 radical (unpaired) electrons. The molecule has 1 heterocycles. The second-order valence-electron chi connectivity index (χ2n) is 4.30. The van der Waals surface area contributed by atoms with Crippen LogP contribution in [0, 0.1) is 0 Å². The molecule has 2 N–H and O–H groups in total. The van der Waals surface area contributed by atoms with Gasteiger partial charge in [-0.1, -0.05) is 23.7 Å². The molecule has 2 rings (SSSR count). The van der Waals surface area contributed by atoms with Crippen molar-refractivity contribution >= 4 is 30.0 Å². The fourth-order valence-electron chi connectivity index (χ4n) is 1.98. The van der Waals surface area contributed by atoms with Gasteiger partial charge in [-0.25, -0.2) is 0 Å². The molecule has 1 aromatic rings. The highest BCUT2D eigenvalue weighted by molar-refractivity contribution is 6.30. The number of cyclic esters (lactones) is 1. The quantitative estimate of drug-likeness (QED) is 0.646. The fourth-order valence-corrected chi connectivity index (χ4v) is 2.11. The molecule has 0 spiro atoms. The summed E-state index contributed by atoms with van der Waals surface area (Å²) in [6.07, 6.45) is 1.04. The Morgan fingerprint density at radius 1 is 1.37 bits per heavy atom. The van der Waals surface area contributed by atoms with Gasteiger partial charge in [0.25, 0.3) is 0 Å². The molecule has 1 aliphatic rings. The van der Waals surface area contributed by atoms with Gasteiger partial charge in [0, 0.05) is 18.1 Å². The Labute approximate surface area is 123 Å². The van der Waals surface area contributed by atoms with Crippen LogP contribution in [0.5, 0.6) is 0 Å². The Morgan fingerprint density at radius 2 is 2.05 bits per heavy atom. The maximum atomic E-state index is 11.6. The zero-order valence-corrected chi connectivity index (χ0v) is 11.9. The summed E-state index contributed by atoms with van der Waals surface area (Å²) in [5, 5.41) is 12.4. The van der Waals surface area contributed by atoms with Crippen molar-refractivity contribution in [2.45, 2.75) is 25.0 Å². The molecule has 0 bridgehead atoms. The maximum absolute atomic E-state index is 11.6. The van der Waals surface area contributed by atoms with E-state index in [1.807, 2.05) is 12.1 Å². The van der Waals surface area contributed by atoms with E-state index < -0.39 is 0 Å². The first-order chi connectivity index (χ1) is 8.70. The molecule has 2 atom stereocenters. The predicted molar refractivity (Wildman–Crippen MR) is 75.6 cm³/mol. The van der Waals surface area contributed by atoms with Crippen LogP contribution in [0.1, 0.15) is 24.5 Å². The van der Waals surface area contributed by atoms with Crippen LogP contribution in [0.3, 0.4) is 0 Å². The van der Waals surface area contributed by atoms with E-state index in [9.17, 15) is 4.79 Å². The average molecular weight is 306 g/mol. The lowest BCUT2D eigenvalue weighted by molar-refractivity contribution is -0.143. The molecule has 0 saturated carbocycles. The van der Waals surface area contributed by atoms with Gasteiger partial charge in [0.05, 0.1) is 0 Å². The van der Waals surface area contributed by atoms with Gasteiger partial charge in [0.1, 0.15) is 12.1 Å². The Kier molecular flexibility index (Phi) is 6.58. The van der Waals surface area contributed by atoms with Gasteiger partial charge < -0.3 is 15.2 Å². The molecule has 2 unspecified atom stereocenters. The maximum Gasteiger partial charge on any atom is 0.323 e. The summed E-state index contributed by atoms with van der Waals surface area (Å²) in [5.74, 6) is -0.229. The van der Waals surface area contributed by atoms with Crippen LogP contribution < -0.4 is 5.32 Å². The van der Waals surface area contributed by atoms with Crippen LogP contribution in [0.15, 0.2) is 24.3 Å². The number of halogens is 2. The first-order valence-corrected chi connectivity index (χ1v) is 6.38. The topological polar surface area (TPSA) is 58.6 Å². The van der Waals surface area contributed by atoms with E-state index in [0.717, 1.165) is 5.56 Å². The zero-order chi connectivity index (χ0) is 13.0. The number of aliphatic hydroxyl groups is 1. The third kappa shape index (κ3) is 4.35. The van der Waals surface area contributed by atoms with E-state index in [-0.39, 0.29) is 37.1 Å². The minimum absolute atomic E-state index is 0. The number of hydrogen-bond acceptors (Lipinski definition) is 4. The molecular formula is C13H17Cl2NO3. The largest absolute Gasteiger partial charge is 0.456 e. The molecule has 1 aliphatic heterocycles. The summed E-state index contributed by atoms with van der Waals surface area (Å²) >= 11 is 5.82. The van der Waals surface area contributed by atoms with Gasteiger partial charge in [0.15, 0.2) is 0 Å². The van der Waals surface area contributed by atoms with Crippen molar-refractivity contribution in [2.24, 2.45) is 0 Å². The minimum Gasteiger partial charge on any atom is -0.456 e. The lowest BCUT2D eigenvalue weighted by atomic mass is 10.0. The summed E-state index contributed by atoms with van der Waals surface area (Å²) in [6, 6.07) is 7.04. The van der Waals surface area contributed by atoms with Crippen LogP contribution in [0.2, 0.25) is 5.02 Å². The summed E-state index contributed by atoms with van der Waals surface area (Å²) in [6.45, 7) is 0.735. The highest BCUT2D eigenvalue weighted by Crippen LogP contribution is 2.30. The minimum atomic E-state index is -0.280. The molecule has 6 heteroatoms. The van der Waals surface area contributed by atoms with Gasteiger partial charge in [-0.15, -0.1) is 12.4 Å². The summed E-state index contributed by atoms with van der Waals surface area (Å²) in [7, 11) is 0. The Morgan fingerprint density at radius 3 is 2.68 bits per heavy atom. The SMILES string of the molecule is Cl.O=C1OC(c2ccc(Cl)cc2)CC1NCCCO. The number of carbonyl (C=O) groups is 1. The molecule has 4 nitrogen and oxygen atoms in total. The Hall–Kier alpha value is -0.810. The number of benzene rings is 1. The molecule has 106 valence electrons. The first-order valence-electron chi connectivity index (χ1n) is 6.01. The van der Waals surface area contributed by atoms with E-state index in [0.29, 0.717) is 24.4 Å². The smallest absolute Gasteiger partial charge is 0.323 e. The highest BCUT2D eigenvalue weighted by atomic mass is 35.5. The second-order valence-corrected chi connectivity index (χ2v) is 4.73. The zero-order valence-electron chi connectivity index (χ0n) is 10.3. The van der Waals surface area contributed by atoms with Crippen molar-refractivity contribution in [3.05, 3.63) is 34.9 Å². The van der Waals surface area contributed by atoms with E-state index >= 15 is 0 Å². The Balaban J connectivity index is 0.00000180. The third-order valence-electron chi connectivity index (χ3n) is 2.96. The number of hydrogen-bond donors (Lipinski definition) is 2. The number of aliphatic hydroxyl groups excluding tert-OH is 1. The van der Waals surface area contributed by atoms with E-state index in [2.05, 4.69) is 5.32 Å².